The standard InChI is InChI=1S/C51H33N3/c1-3-15-36(16-4-1)46-30-37(31-47(52-46)41-23-13-17-35-14-7-8-20-40(35)41)34-26-28-39(29-27-34)54-49-25-12-10-22-43(49)45-32-50-44(33-51(45)54)42-21-9-11-24-48(42)53(50)38-18-5-2-6-19-38/h1-33H. The minimum absolute atomic E-state index is 0.959. The predicted octanol–water partition coefficient (Wildman–Crippen LogP) is 13.4. The number of hydrogen-bond acceptors (Lipinski definition) is 1. The highest BCUT2D eigenvalue weighted by Crippen LogP contribution is 2.40. The molecule has 0 N–H and O–H groups in total. The fourth-order valence-corrected chi connectivity index (χ4v) is 8.41. The van der Waals surface area contributed by atoms with E-state index < -0.39 is 0 Å². The monoisotopic (exact) mass is 687 g/mol. The van der Waals surface area contributed by atoms with E-state index in [0.717, 1.165) is 45.0 Å². The summed E-state index contributed by atoms with van der Waals surface area (Å²) in [6.07, 6.45) is 0. The number of pyridine rings is 1. The first kappa shape index (κ1) is 30.4. The number of aromatic nitrogens is 3. The molecule has 3 heteroatoms. The number of benzene rings is 8. The van der Waals surface area contributed by atoms with Crippen LogP contribution in [0.4, 0.5) is 0 Å². The lowest BCUT2D eigenvalue weighted by Crippen LogP contribution is -1.95. The SMILES string of the molecule is c1ccc(-c2cc(-c3ccc(-n4c5ccccc5c5cc6c(cc54)c4ccccc4n6-c4ccccc4)cc3)cc(-c3cccc4ccccc34)n2)cc1. The molecule has 0 amide bonds. The van der Waals surface area contributed by atoms with Crippen molar-refractivity contribution < 1.29 is 0 Å². The van der Waals surface area contributed by atoms with Gasteiger partial charge in [-0.1, -0.05) is 140 Å². The van der Waals surface area contributed by atoms with E-state index >= 15 is 0 Å². The van der Waals surface area contributed by atoms with Gasteiger partial charge in [0.25, 0.3) is 0 Å². The first-order chi connectivity index (χ1) is 26.8. The number of nitrogens with zero attached hydrogens (tertiary/aromatic N) is 3. The first-order valence-corrected chi connectivity index (χ1v) is 18.5. The molecule has 0 fully saturated rings. The summed E-state index contributed by atoms with van der Waals surface area (Å²) in [5.74, 6) is 0. The van der Waals surface area contributed by atoms with E-state index in [1.807, 2.05) is 0 Å². The molecule has 11 aromatic rings. The molecule has 0 saturated carbocycles. The second-order valence-corrected chi connectivity index (χ2v) is 14.0. The van der Waals surface area contributed by atoms with Gasteiger partial charge in [0.1, 0.15) is 0 Å². The second kappa shape index (κ2) is 12.2. The molecule has 8 aromatic carbocycles. The molecular formula is C51H33N3. The van der Waals surface area contributed by atoms with Crippen LogP contribution in [-0.2, 0) is 0 Å². The zero-order chi connectivity index (χ0) is 35.6. The molecule has 0 aliphatic rings. The summed E-state index contributed by atoms with van der Waals surface area (Å²) in [5, 5.41) is 7.38. The van der Waals surface area contributed by atoms with E-state index in [0.29, 0.717) is 0 Å². The lowest BCUT2D eigenvalue weighted by molar-refractivity contribution is 1.17. The van der Waals surface area contributed by atoms with Gasteiger partial charge in [0.05, 0.1) is 33.5 Å². The highest BCUT2D eigenvalue weighted by molar-refractivity contribution is 6.19. The smallest absolute Gasteiger partial charge is 0.0721 e. The molecule has 0 atom stereocenters. The van der Waals surface area contributed by atoms with E-state index in [4.69, 9.17) is 4.98 Å². The van der Waals surface area contributed by atoms with Crippen molar-refractivity contribution in [3.05, 3.63) is 200 Å². The average molecular weight is 688 g/mol. The van der Waals surface area contributed by atoms with Gasteiger partial charge in [-0.05, 0) is 82.6 Å². The molecule has 0 bridgehead atoms. The van der Waals surface area contributed by atoms with Crippen LogP contribution in [0.1, 0.15) is 0 Å². The Hall–Kier alpha value is -7.23. The number of fused-ring (bicyclic) bond motifs is 7. The third kappa shape index (κ3) is 4.79. The molecule has 0 spiro atoms. The molecule has 54 heavy (non-hydrogen) atoms. The molecular weight excluding hydrogens is 655 g/mol. The van der Waals surface area contributed by atoms with Gasteiger partial charge in [-0.15, -0.1) is 0 Å². The van der Waals surface area contributed by atoms with Crippen molar-refractivity contribution in [2.75, 3.05) is 0 Å². The normalized spacial score (nSPS) is 11.7. The van der Waals surface area contributed by atoms with E-state index in [-0.39, 0.29) is 0 Å². The number of rotatable bonds is 5. The van der Waals surface area contributed by atoms with Crippen molar-refractivity contribution >= 4 is 54.4 Å². The lowest BCUT2D eigenvalue weighted by atomic mass is 9.97. The molecule has 3 nitrogen and oxygen atoms in total. The van der Waals surface area contributed by atoms with Crippen LogP contribution in [0, 0.1) is 0 Å². The Labute approximate surface area is 312 Å². The highest BCUT2D eigenvalue weighted by Gasteiger charge is 2.19. The van der Waals surface area contributed by atoms with Crippen molar-refractivity contribution in [3.8, 4) is 45.0 Å². The molecule has 11 rings (SSSR count). The molecule has 3 aromatic heterocycles. The Morgan fingerprint density at radius 1 is 0.296 bits per heavy atom. The van der Waals surface area contributed by atoms with E-state index in [2.05, 4.69) is 209 Å². The van der Waals surface area contributed by atoms with Crippen LogP contribution in [-0.4, -0.2) is 14.1 Å². The van der Waals surface area contributed by atoms with Gasteiger partial charge in [0, 0.05) is 44.0 Å². The average Bonchev–Trinajstić information content (AvgIpc) is 3.75. The van der Waals surface area contributed by atoms with Crippen molar-refractivity contribution in [2.45, 2.75) is 0 Å². The summed E-state index contributed by atoms with van der Waals surface area (Å²) in [6, 6.07) is 72.0. The molecule has 0 radical (unpaired) electrons. The summed E-state index contributed by atoms with van der Waals surface area (Å²) in [5.41, 5.74) is 13.5. The third-order valence-electron chi connectivity index (χ3n) is 10.9. The van der Waals surface area contributed by atoms with Crippen LogP contribution in [0.25, 0.3) is 99.4 Å². The van der Waals surface area contributed by atoms with Crippen LogP contribution >= 0.6 is 0 Å². The fraction of sp³-hybridized carbons (Fsp3) is 0. The van der Waals surface area contributed by atoms with Crippen molar-refractivity contribution in [1.82, 2.24) is 14.1 Å². The maximum atomic E-state index is 5.24. The zero-order valence-electron chi connectivity index (χ0n) is 29.4. The van der Waals surface area contributed by atoms with Crippen molar-refractivity contribution in [3.63, 3.8) is 0 Å². The molecule has 0 unspecified atom stereocenters. The second-order valence-electron chi connectivity index (χ2n) is 14.0. The van der Waals surface area contributed by atoms with E-state index in [1.54, 1.807) is 0 Å². The zero-order valence-corrected chi connectivity index (χ0v) is 29.4. The Bertz CT molecular complexity index is 3180. The summed E-state index contributed by atoms with van der Waals surface area (Å²) < 4.78 is 4.82. The van der Waals surface area contributed by atoms with Crippen LogP contribution < -0.4 is 0 Å². The highest BCUT2D eigenvalue weighted by atomic mass is 15.0. The summed E-state index contributed by atoms with van der Waals surface area (Å²) in [7, 11) is 0. The topological polar surface area (TPSA) is 22.8 Å². The van der Waals surface area contributed by atoms with Gasteiger partial charge >= 0.3 is 0 Å². The summed E-state index contributed by atoms with van der Waals surface area (Å²) in [6.45, 7) is 0. The van der Waals surface area contributed by atoms with Gasteiger partial charge in [-0.2, -0.15) is 0 Å². The van der Waals surface area contributed by atoms with Gasteiger partial charge in [0.15, 0.2) is 0 Å². The number of para-hydroxylation sites is 3. The maximum absolute atomic E-state index is 5.24. The lowest BCUT2D eigenvalue weighted by Gasteiger charge is -2.13. The third-order valence-corrected chi connectivity index (χ3v) is 10.9. The van der Waals surface area contributed by atoms with Gasteiger partial charge < -0.3 is 9.13 Å². The molecule has 3 heterocycles. The maximum Gasteiger partial charge on any atom is 0.0721 e. The van der Waals surface area contributed by atoms with E-state index in [9.17, 15) is 0 Å². The summed E-state index contributed by atoms with van der Waals surface area (Å²) in [4.78, 5) is 5.24. The Morgan fingerprint density at radius 2 is 0.815 bits per heavy atom. The first-order valence-electron chi connectivity index (χ1n) is 18.5. The van der Waals surface area contributed by atoms with Crippen LogP contribution in [0.2, 0.25) is 0 Å². The van der Waals surface area contributed by atoms with E-state index in [1.165, 1.54) is 54.4 Å². The van der Waals surface area contributed by atoms with Crippen molar-refractivity contribution in [1.29, 1.82) is 0 Å². The quantitative estimate of drug-likeness (QED) is 0.177. The Kier molecular flexibility index (Phi) is 6.86. The largest absolute Gasteiger partial charge is 0.309 e. The Balaban J connectivity index is 1.09. The van der Waals surface area contributed by atoms with Gasteiger partial charge in [0.2, 0.25) is 0 Å². The molecule has 0 aliphatic carbocycles. The molecule has 0 aliphatic heterocycles. The minimum Gasteiger partial charge on any atom is -0.309 e. The van der Waals surface area contributed by atoms with Crippen LogP contribution in [0.5, 0.6) is 0 Å². The van der Waals surface area contributed by atoms with Gasteiger partial charge in [-0.3, -0.25) is 0 Å². The van der Waals surface area contributed by atoms with Crippen LogP contribution in [0.15, 0.2) is 200 Å². The van der Waals surface area contributed by atoms with Crippen LogP contribution in [0.3, 0.4) is 0 Å². The molecule has 0 saturated heterocycles. The van der Waals surface area contributed by atoms with Crippen molar-refractivity contribution in [2.24, 2.45) is 0 Å². The fourth-order valence-electron chi connectivity index (χ4n) is 8.41. The predicted molar refractivity (Wildman–Crippen MR) is 227 cm³/mol. The molecule has 252 valence electrons. The van der Waals surface area contributed by atoms with Gasteiger partial charge in [-0.25, -0.2) is 4.98 Å². The summed E-state index contributed by atoms with van der Waals surface area (Å²) >= 11 is 0. The Morgan fingerprint density at radius 3 is 1.48 bits per heavy atom. The number of hydrogen-bond donors (Lipinski definition) is 0. The minimum atomic E-state index is 0.959.